The van der Waals surface area contributed by atoms with Gasteiger partial charge in [-0.05, 0) is 84.3 Å². The number of pyridine rings is 1. The lowest BCUT2D eigenvalue weighted by molar-refractivity contribution is 0.116. The Bertz CT molecular complexity index is 1450. The normalized spacial score (nSPS) is 13.9. The molecule has 0 unspecified atom stereocenters. The van der Waals surface area contributed by atoms with Crippen molar-refractivity contribution in [3.8, 4) is 17.7 Å². The van der Waals surface area contributed by atoms with Gasteiger partial charge in [0.1, 0.15) is 0 Å². The predicted molar refractivity (Wildman–Crippen MR) is 157 cm³/mol. The molecule has 2 N–H and O–H groups in total. The zero-order valence-corrected chi connectivity index (χ0v) is 22.6. The smallest absolute Gasteiger partial charge is 0.209 e. The number of anilines is 1. The van der Waals surface area contributed by atoms with Crippen molar-refractivity contribution in [2.75, 3.05) is 12.4 Å². The number of nitriles is 1. The first-order chi connectivity index (χ1) is 19.7. The molecule has 1 aromatic heterocycles. The lowest BCUT2D eigenvalue weighted by atomic mass is 9.86. The predicted octanol–water partition coefficient (Wildman–Crippen LogP) is 6.43. The van der Waals surface area contributed by atoms with Crippen LogP contribution in [0.5, 0.6) is 11.5 Å². The van der Waals surface area contributed by atoms with E-state index in [4.69, 9.17) is 9.47 Å². The fourth-order valence-electron chi connectivity index (χ4n) is 4.71. The average Bonchev–Trinajstić information content (AvgIpc) is 2.98. The molecule has 1 heterocycles. The van der Waals surface area contributed by atoms with Gasteiger partial charge in [-0.25, -0.2) is 4.99 Å². The van der Waals surface area contributed by atoms with Crippen molar-refractivity contribution in [3.05, 3.63) is 120 Å². The van der Waals surface area contributed by atoms with Crippen molar-refractivity contribution < 1.29 is 9.47 Å². The highest BCUT2D eigenvalue weighted by Gasteiger charge is 2.23. The molecule has 4 aromatic rings. The Morgan fingerprint density at radius 1 is 0.950 bits per heavy atom. The first-order valence-corrected chi connectivity index (χ1v) is 13.6. The summed E-state index contributed by atoms with van der Waals surface area (Å²) in [5.74, 6) is 2.05. The Balaban J connectivity index is 1.39. The zero-order valence-electron chi connectivity index (χ0n) is 22.6. The summed E-state index contributed by atoms with van der Waals surface area (Å²) in [6.07, 6.45) is 10.1. The van der Waals surface area contributed by atoms with E-state index in [2.05, 4.69) is 57.0 Å². The number of ether oxygens (including phenoxy) is 2. The number of aromatic nitrogens is 1. The molecule has 1 saturated carbocycles. The van der Waals surface area contributed by atoms with Gasteiger partial charge in [0.25, 0.3) is 0 Å². The minimum absolute atomic E-state index is 0.0922. The molecule has 202 valence electrons. The molecule has 0 saturated heterocycles. The maximum absolute atomic E-state index is 9.22. The third-order valence-corrected chi connectivity index (χ3v) is 7.14. The van der Waals surface area contributed by atoms with Gasteiger partial charge in [-0.1, -0.05) is 48.5 Å². The van der Waals surface area contributed by atoms with E-state index in [1.807, 2.05) is 67.1 Å². The van der Waals surface area contributed by atoms with Crippen LogP contribution in [0.25, 0.3) is 0 Å². The van der Waals surface area contributed by atoms with E-state index >= 15 is 0 Å². The van der Waals surface area contributed by atoms with Gasteiger partial charge in [0, 0.05) is 24.0 Å². The molecule has 40 heavy (non-hydrogen) atoms. The van der Waals surface area contributed by atoms with Crippen LogP contribution in [0.3, 0.4) is 0 Å². The SMILES string of the molecule is COc1ccc([C@H](Cc2ccncc2)c2ccc(NC(=NCc3ccccc3)NC#N)cc2)cc1OC1CCC1. The second-order valence-electron chi connectivity index (χ2n) is 9.83. The highest BCUT2D eigenvalue weighted by Crippen LogP contribution is 2.38. The fraction of sp³-hybridized carbons (Fsp3) is 0.242. The molecular weight excluding hydrogens is 498 g/mol. The maximum atomic E-state index is 9.22. The van der Waals surface area contributed by atoms with Crippen molar-refractivity contribution in [1.29, 1.82) is 5.26 Å². The van der Waals surface area contributed by atoms with Crippen molar-refractivity contribution >= 4 is 11.6 Å². The first kappa shape index (κ1) is 26.8. The van der Waals surface area contributed by atoms with Gasteiger partial charge in [0.2, 0.25) is 5.96 Å². The molecule has 0 aliphatic heterocycles. The number of methoxy groups -OCH3 is 1. The number of hydrogen-bond donors (Lipinski definition) is 2. The number of nitrogens with one attached hydrogen (secondary N) is 2. The quantitative estimate of drug-likeness (QED) is 0.106. The number of aliphatic imine (C=N–C) groups is 1. The summed E-state index contributed by atoms with van der Waals surface area (Å²) in [7, 11) is 1.68. The van der Waals surface area contributed by atoms with Crippen LogP contribution >= 0.6 is 0 Å². The van der Waals surface area contributed by atoms with Crippen LogP contribution in [-0.4, -0.2) is 24.2 Å². The topological polar surface area (TPSA) is 91.6 Å². The molecule has 0 spiro atoms. The minimum Gasteiger partial charge on any atom is -0.493 e. The summed E-state index contributed by atoms with van der Waals surface area (Å²) >= 11 is 0. The third-order valence-electron chi connectivity index (χ3n) is 7.14. The van der Waals surface area contributed by atoms with Crippen LogP contribution < -0.4 is 20.1 Å². The van der Waals surface area contributed by atoms with E-state index in [9.17, 15) is 5.26 Å². The fourth-order valence-corrected chi connectivity index (χ4v) is 4.71. The van der Waals surface area contributed by atoms with Crippen molar-refractivity contribution in [2.24, 2.45) is 4.99 Å². The zero-order chi connectivity index (χ0) is 27.6. The molecule has 1 aliphatic carbocycles. The molecule has 1 fully saturated rings. The largest absolute Gasteiger partial charge is 0.493 e. The van der Waals surface area contributed by atoms with Gasteiger partial charge in [-0.15, -0.1) is 0 Å². The van der Waals surface area contributed by atoms with Crippen LogP contribution in [-0.2, 0) is 13.0 Å². The molecule has 5 rings (SSSR count). The summed E-state index contributed by atoms with van der Waals surface area (Å²) in [6.45, 7) is 0.465. The molecule has 1 atom stereocenters. The monoisotopic (exact) mass is 531 g/mol. The summed E-state index contributed by atoms with van der Waals surface area (Å²) in [4.78, 5) is 8.73. The number of guanidine groups is 1. The molecule has 7 nitrogen and oxygen atoms in total. The van der Waals surface area contributed by atoms with Gasteiger partial charge in [0.05, 0.1) is 19.8 Å². The standard InChI is InChI=1S/C33H33N5O2/c1-39-31-15-12-27(21-32(31)40-29-8-5-9-29)30(20-24-16-18-35-19-17-24)26-10-13-28(14-11-26)38-33(37-23-34)36-22-25-6-3-2-4-7-25/h2-4,6-7,10-19,21,29-30H,5,8-9,20,22H2,1H3,(H2,36,37,38)/t30-/m1/s1. The number of hydrogen-bond acceptors (Lipinski definition) is 5. The molecule has 7 heteroatoms. The van der Waals surface area contributed by atoms with Gasteiger partial charge < -0.3 is 14.8 Å². The molecule has 0 bridgehead atoms. The average molecular weight is 532 g/mol. The van der Waals surface area contributed by atoms with E-state index in [0.29, 0.717) is 12.5 Å². The molecule has 0 radical (unpaired) electrons. The van der Waals surface area contributed by atoms with Gasteiger partial charge in [-0.3, -0.25) is 10.3 Å². The number of nitrogens with zero attached hydrogens (tertiary/aromatic N) is 3. The van der Waals surface area contributed by atoms with E-state index in [0.717, 1.165) is 53.1 Å². The van der Waals surface area contributed by atoms with Crippen molar-refractivity contribution in [2.45, 2.75) is 44.2 Å². The van der Waals surface area contributed by atoms with E-state index in [1.54, 1.807) is 7.11 Å². The van der Waals surface area contributed by atoms with E-state index in [-0.39, 0.29) is 12.0 Å². The first-order valence-electron chi connectivity index (χ1n) is 13.6. The Morgan fingerprint density at radius 3 is 2.38 bits per heavy atom. The van der Waals surface area contributed by atoms with Crippen LogP contribution in [0.1, 0.15) is 47.4 Å². The van der Waals surface area contributed by atoms with Gasteiger partial charge >= 0.3 is 0 Å². The number of benzene rings is 3. The van der Waals surface area contributed by atoms with Crippen LogP contribution in [0.4, 0.5) is 5.69 Å². The van der Waals surface area contributed by atoms with Crippen molar-refractivity contribution in [3.63, 3.8) is 0 Å². The third kappa shape index (κ3) is 6.97. The summed E-state index contributed by atoms with van der Waals surface area (Å²) in [5, 5.41) is 15.1. The van der Waals surface area contributed by atoms with Crippen molar-refractivity contribution in [1.82, 2.24) is 10.3 Å². The molecule has 0 amide bonds. The van der Waals surface area contributed by atoms with Crippen LogP contribution in [0.15, 0.2) is 102 Å². The summed E-state index contributed by atoms with van der Waals surface area (Å²) < 4.78 is 11.9. The van der Waals surface area contributed by atoms with Gasteiger partial charge in [0.15, 0.2) is 17.7 Å². The lowest BCUT2D eigenvalue weighted by Crippen LogP contribution is -2.26. The highest BCUT2D eigenvalue weighted by atomic mass is 16.5. The molecule has 3 aromatic carbocycles. The Hall–Kier alpha value is -4.83. The lowest BCUT2D eigenvalue weighted by Gasteiger charge is -2.28. The second-order valence-corrected chi connectivity index (χ2v) is 9.83. The van der Waals surface area contributed by atoms with Gasteiger partial charge in [-0.2, -0.15) is 5.26 Å². The second kappa shape index (κ2) is 13.3. The molecular formula is C33H33N5O2. The Morgan fingerprint density at radius 2 is 1.70 bits per heavy atom. The van der Waals surface area contributed by atoms with E-state index < -0.39 is 0 Å². The highest BCUT2D eigenvalue weighted by molar-refractivity contribution is 5.94. The number of rotatable bonds is 10. The Kier molecular flexibility index (Phi) is 8.90. The summed E-state index contributed by atoms with van der Waals surface area (Å²) in [5.41, 5.74) is 5.43. The van der Waals surface area contributed by atoms with E-state index in [1.165, 1.54) is 12.0 Å². The summed E-state index contributed by atoms with van der Waals surface area (Å²) in [6, 6.07) is 28.6. The van der Waals surface area contributed by atoms with Crippen LogP contribution in [0, 0.1) is 11.5 Å². The maximum Gasteiger partial charge on any atom is 0.209 e. The van der Waals surface area contributed by atoms with Crippen LogP contribution in [0.2, 0.25) is 0 Å². The Labute approximate surface area is 235 Å². The molecule has 1 aliphatic rings. The minimum atomic E-state index is 0.0922.